The first-order valence-electron chi connectivity index (χ1n) is 8.60. The Morgan fingerprint density at radius 2 is 1.96 bits per heavy atom. The summed E-state index contributed by atoms with van der Waals surface area (Å²) in [7, 11) is 0. The summed E-state index contributed by atoms with van der Waals surface area (Å²) < 4.78 is 8.11. The van der Waals surface area contributed by atoms with E-state index in [-0.39, 0.29) is 6.10 Å². The van der Waals surface area contributed by atoms with Crippen molar-refractivity contribution < 1.29 is 4.74 Å². The third-order valence-corrected chi connectivity index (χ3v) is 5.26. The zero-order chi connectivity index (χ0) is 18.5. The third kappa shape index (κ3) is 4.59. The number of aromatic nitrogens is 3. The van der Waals surface area contributed by atoms with Crippen molar-refractivity contribution >= 4 is 23.4 Å². The molecule has 3 aromatic rings. The summed E-state index contributed by atoms with van der Waals surface area (Å²) in [5.74, 6) is 2.41. The van der Waals surface area contributed by atoms with E-state index in [1.807, 2.05) is 25.1 Å². The lowest BCUT2D eigenvalue weighted by Crippen LogP contribution is -2.12. The van der Waals surface area contributed by atoms with E-state index in [0.29, 0.717) is 5.02 Å². The van der Waals surface area contributed by atoms with Gasteiger partial charge >= 0.3 is 0 Å². The van der Waals surface area contributed by atoms with Gasteiger partial charge in [0, 0.05) is 17.3 Å². The van der Waals surface area contributed by atoms with Crippen LogP contribution in [0.2, 0.25) is 5.02 Å². The molecule has 0 saturated heterocycles. The summed E-state index contributed by atoms with van der Waals surface area (Å²) >= 11 is 7.72. The van der Waals surface area contributed by atoms with Crippen molar-refractivity contribution in [2.24, 2.45) is 0 Å². The molecule has 1 atom stereocenters. The van der Waals surface area contributed by atoms with Crippen molar-refractivity contribution in [1.82, 2.24) is 14.8 Å². The number of aryl methyl sites for hydroxylation is 1. The van der Waals surface area contributed by atoms with Gasteiger partial charge in [0.05, 0.1) is 0 Å². The van der Waals surface area contributed by atoms with E-state index in [0.717, 1.165) is 29.0 Å². The number of rotatable bonds is 7. The maximum Gasteiger partial charge on any atom is 0.191 e. The van der Waals surface area contributed by atoms with Gasteiger partial charge in [-0.3, -0.25) is 0 Å². The van der Waals surface area contributed by atoms with Crippen molar-refractivity contribution in [2.75, 3.05) is 0 Å². The van der Waals surface area contributed by atoms with Gasteiger partial charge in [-0.15, -0.1) is 10.2 Å². The predicted molar refractivity (Wildman–Crippen MR) is 107 cm³/mol. The van der Waals surface area contributed by atoms with Crippen LogP contribution in [0, 0.1) is 6.92 Å². The van der Waals surface area contributed by atoms with Crippen molar-refractivity contribution in [2.45, 2.75) is 44.3 Å². The van der Waals surface area contributed by atoms with Gasteiger partial charge < -0.3 is 9.30 Å². The highest BCUT2D eigenvalue weighted by Crippen LogP contribution is 2.27. The van der Waals surface area contributed by atoms with Gasteiger partial charge in [0.25, 0.3) is 0 Å². The van der Waals surface area contributed by atoms with Crippen molar-refractivity contribution in [1.29, 1.82) is 0 Å². The summed E-state index contributed by atoms with van der Waals surface area (Å²) in [6.45, 7) is 6.97. The molecule has 0 fully saturated rings. The van der Waals surface area contributed by atoms with Crippen LogP contribution >= 0.6 is 23.4 Å². The Kier molecular flexibility index (Phi) is 6.22. The summed E-state index contributed by atoms with van der Waals surface area (Å²) in [6.07, 6.45) is -0.214. The molecule has 0 aliphatic carbocycles. The van der Waals surface area contributed by atoms with Crippen LogP contribution in [-0.4, -0.2) is 14.8 Å². The molecule has 1 aromatic heterocycles. The average molecular weight is 388 g/mol. The smallest absolute Gasteiger partial charge is 0.191 e. The predicted octanol–water partition coefficient (Wildman–Crippen LogP) is 5.69. The molecule has 0 spiro atoms. The van der Waals surface area contributed by atoms with Crippen LogP contribution in [0.3, 0.4) is 0 Å². The topological polar surface area (TPSA) is 39.9 Å². The molecule has 0 radical (unpaired) electrons. The number of benzene rings is 2. The zero-order valence-corrected chi connectivity index (χ0v) is 16.7. The largest absolute Gasteiger partial charge is 0.483 e. The lowest BCUT2D eigenvalue weighted by Gasteiger charge is -2.15. The molecule has 2 aromatic carbocycles. The number of hydrogen-bond acceptors (Lipinski definition) is 4. The Labute approximate surface area is 163 Å². The van der Waals surface area contributed by atoms with E-state index in [1.54, 1.807) is 17.8 Å². The summed E-state index contributed by atoms with van der Waals surface area (Å²) in [6, 6.07) is 15.9. The van der Waals surface area contributed by atoms with E-state index in [4.69, 9.17) is 16.3 Å². The number of thioether (sulfide) groups is 1. The molecule has 3 rings (SSSR count). The van der Waals surface area contributed by atoms with Gasteiger partial charge in [0.1, 0.15) is 5.75 Å². The van der Waals surface area contributed by atoms with Crippen molar-refractivity contribution in [3.05, 3.63) is 70.5 Å². The van der Waals surface area contributed by atoms with E-state index in [9.17, 15) is 0 Å². The van der Waals surface area contributed by atoms with Gasteiger partial charge in [-0.05, 0) is 44.5 Å². The Bertz CT molecular complexity index is 881. The molecule has 4 nitrogen and oxygen atoms in total. The van der Waals surface area contributed by atoms with Crippen molar-refractivity contribution in [3.8, 4) is 5.75 Å². The fraction of sp³-hybridized carbons (Fsp3) is 0.300. The molecule has 6 heteroatoms. The summed E-state index contributed by atoms with van der Waals surface area (Å²) in [5, 5.41) is 10.3. The van der Waals surface area contributed by atoms with Gasteiger partial charge in [-0.25, -0.2) is 0 Å². The summed E-state index contributed by atoms with van der Waals surface area (Å²) in [4.78, 5) is 0. The third-order valence-electron chi connectivity index (χ3n) is 3.98. The summed E-state index contributed by atoms with van der Waals surface area (Å²) in [5.41, 5.74) is 2.55. The number of halogens is 1. The minimum Gasteiger partial charge on any atom is -0.483 e. The highest BCUT2D eigenvalue weighted by molar-refractivity contribution is 7.98. The fourth-order valence-corrected chi connectivity index (χ4v) is 3.88. The molecular weight excluding hydrogens is 366 g/mol. The molecule has 0 N–H and O–H groups in total. The highest BCUT2D eigenvalue weighted by atomic mass is 35.5. The average Bonchev–Trinajstić information content (AvgIpc) is 3.03. The van der Waals surface area contributed by atoms with Crippen LogP contribution in [0.25, 0.3) is 0 Å². The molecule has 0 aliphatic heterocycles. The first-order chi connectivity index (χ1) is 12.6. The maximum absolute atomic E-state index is 6.03. The first kappa shape index (κ1) is 18.8. The Morgan fingerprint density at radius 3 is 2.69 bits per heavy atom. The molecule has 136 valence electrons. The van der Waals surface area contributed by atoms with Crippen molar-refractivity contribution in [3.63, 3.8) is 0 Å². The van der Waals surface area contributed by atoms with Gasteiger partial charge in [0.15, 0.2) is 17.1 Å². The number of hydrogen-bond donors (Lipinski definition) is 0. The molecule has 26 heavy (non-hydrogen) atoms. The Hall–Kier alpha value is -1.98. The number of nitrogens with zero attached hydrogens (tertiary/aromatic N) is 3. The molecule has 0 bridgehead atoms. The SMILES string of the molecule is CCn1c(SCc2cccc(C)c2)nnc1C(C)Oc1cccc(Cl)c1. The molecule has 1 unspecified atom stereocenters. The lowest BCUT2D eigenvalue weighted by molar-refractivity contribution is 0.210. The number of ether oxygens (including phenoxy) is 1. The second kappa shape index (κ2) is 8.60. The van der Waals surface area contributed by atoms with E-state index < -0.39 is 0 Å². The van der Waals surface area contributed by atoms with Crippen LogP contribution in [-0.2, 0) is 12.3 Å². The Morgan fingerprint density at radius 1 is 1.15 bits per heavy atom. The zero-order valence-electron chi connectivity index (χ0n) is 15.1. The van der Waals surface area contributed by atoms with Crippen LogP contribution in [0.15, 0.2) is 53.7 Å². The molecule has 0 amide bonds. The second-order valence-electron chi connectivity index (χ2n) is 6.08. The van der Waals surface area contributed by atoms with Gasteiger partial charge in [0.2, 0.25) is 0 Å². The van der Waals surface area contributed by atoms with Gasteiger partial charge in [-0.1, -0.05) is 59.3 Å². The Balaban J connectivity index is 1.72. The van der Waals surface area contributed by atoms with Crippen LogP contribution < -0.4 is 4.74 Å². The minimum atomic E-state index is -0.214. The van der Waals surface area contributed by atoms with Gasteiger partial charge in [-0.2, -0.15) is 0 Å². The minimum absolute atomic E-state index is 0.214. The maximum atomic E-state index is 6.03. The first-order valence-corrected chi connectivity index (χ1v) is 9.97. The quantitative estimate of drug-likeness (QED) is 0.488. The molecule has 1 heterocycles. The van der Waals surface area contributed by atoms with Crippen LogP contribution in [0.5, 0.6) is 5.75 Å². The monoisotopic (exact) mass is 387 g/mol. The molecule has 0 aliphatic rings. The van der Waals surface area contributed by atoms with Crippen LogP contribution in [0.1, 0.15) is 36.9 Å². The normalized spacial score (nSPS) is 12.2. The highest BCUT2D eigenvalue weighted by Gasteiger charge is 2.19. The standard InChI is InChI=1S/C20H22ClN3OS/c1-4-24-19(15(3)25-18-10-6-9-17(21)12-18)22-23-20(24)26-13-16-8-5-7-14(2)11-16/h5-12,15H,4,13H2,1-3H3. The lowest BCUT2D eigenvalue weighted by atomic mass is 10.2. The van der Waals surface area contributed by atoms with E-state index in [1.165, 1.54) is 11.1 Å². The molecular formula is C20H22ClN3OS. The fourth-order valence-electron chi connectivity index (χ4n) is 2.75. The van der Waals surface area contributed by atoms with E-state index >= 15 is 0 Å². The van der Waals surface area contributed by atoms with E-state index in [2.05, 4.69) is 52.9 Å². The second-order valence-corrected chi connectivity index (χ2v) is 7.46. The molecule has 0 saturated carbocycles. The van der Waals surface area contributed by atoms with Crippen LogP contribution in [0.4, 0.5) is 0 Å².